The first-order valence-electron chi connectivity index (χ1n) is 15.4. The number of ether oxygens (including phenoxy) is 2. The minimum Gasteiger partial charge on any atom is -0.480 e. The number of para-hydroxylation sites is 1. The SMILES string of the molecule is C=C(/C=C\C1=C(C)NCCC1)CCCCCOC1CN(C(C(=O)O)c2cccc3c(C)nn(C4CCOCC4)c23)C1. The second-order valence-electron chi connectivity index (χ2n) is 11.8. The van der Waals surface area contributed by atoms with Crippen LogP contribution in [0.25, 0.3) is 10.9 Å². The fourth-order valence-electron chi connectivity index (χ4n) is 6.31. The molecule has 222 valence electrons. The van der Waals surface area contributed by atoms with Crippen molar-refractivity contribution in [3.05, 3.63) is 65.0 Å². The minimum atomic E-state index is -0.825. The molecule has 0 bridgehead atoms. The molecule has 1 unspecified atom stereocenters. The smallest absolute Gasteiger partial charge is 0.325 e. The quantitative estimate of drug-likeness (QED) is 0.234. The molecule has 5 rings (SSSR count). The van der Waals surface area contributed by atoms with E-state index in [0.717, 1.165) is 73.7 Å². The number of fused-ring (bicyclic) bond motifs is 1. The number of unbranched alkanes of at least 4 members (excludes halogenated alkanes) is 2. The Morgan fingerprint density at radius 3 is 2.80 bits per heavy atom. The Morgan fingerprint density at radius 2 is 2.05 bits per heavy atom. The summed E-state index contributed by atoms with van der Waals surface area (Å²) < 4.78 is 13.7. The van der Waals surface area contributed by atoms with Crippen molar-refractivity contribution in [3.8, 4) is 0 Å². The van der Waals surface area contributed by atoms with Gasteiger partial charge in [0.1, 0.15) is 6.04 Å². The van der Waals surface area contributed by atoms with Crippen molar-refractivity contribution >= 4 is 16.9 Å². The lowest BCUT2D eigenvalue weighted by Gasteiger charge is -2.42. The molecule has 3 aliphatic heterocycles. The molecule has 0 aliphatic carbocycles. The van der Waals surface area contributed by atoms with Crippen molar-refractivity contribution in [2.45, 2.75) is 83.4 Å². The van der Waals surface area contributed by atoms with Gasteiger partial charge in [-0.25, -0.2) is 0 Å². The van der Waals surface area contributed by atoms with Gasteiger partial charge in [-0.05, 0) is 64.4 Å². The zero-order valence-electron chi connectivity index (χ0n) is 24.7. The highest BCUT2D eigenvalue weighted by Crippen LogP contribution is 2.36. The molecule has 0 saturated carbocycles. The first-order valence-corrected chi connectivity index (χ1v) is 15.4. The van der Waals surface area contributed by atoms with Gasteiger partial charge in [0.2, 0.25) is 0 Å². The molecule has 0 radical (unpaired) electrons. The lowest BCUT2D eigenvalue weighted by Crippen LogP contribution is -2.55. The van der Waals surface area contributed by atoms with Crippen LogP contribution in [-0.4, -0.2) is 71.3 Å². The van der Waals surface area contributed by atoms with Gasteiger partial charge in [-0.3, -0.25) is 14.4 Å². The average molecular weight is 563 g/mol. The summed E-state index contributed by atoms with van der Waals surface area (Å²) in [6.07, 6.45) is 12.8. The topological polar surface area (TPSA) is 88.9 Å². The van der Waals surface area contributed by atoms with Crippen LogP contribution in [0.2, 0.25) is 0 Å². The number of carboxylic acid groups (broad SMARTS) is 1. The summed E-state index contributed by atoms with van der Waals surface area (Å²) in [5.41, 5.74) is 6.57. The van der Waals surface area contributed by atoms with Crippen molar-refractivity contribution in [2.75, 3.05) is 39.5 Å². The standard InChI is InChI=1S/C33H46N4O4/c1-23(13-14-26-10-8-17-34-24(26)2)9-5-4-6-18-41-28-21-36(22-28)32(33(38)39)30-12-7-11-29-25(3)35-37(31(29)30)27-15-19-40-20-16-27/h7,11-14,27-28,32,34H,1,4-6,8-10,15-22H2,2-3H3,(H,38,39)/b14-13-. The van der Waals surface area contributed by atoms with Crippen LogP contribution in [0.3, 0.4) is 0 Å². The van der Waals surface area contributed by atoms with E-state index in [-0.39, 0.29) is 12.1 Å². The number of carboxylic acids is 1. The summed E-state index contributed by atoms with van der Waals surface area (Å²) in [7, 11) is 0. The Labute approximate surface area is 244 Å². The third-order valence-electron chi connectivity index (χ3n) is 8.76. The number of nitrogens with one attached hydrogen (secondary N) is 1. The van der Waals surface area contributed by atoms with E-state index in [1.165, 1.54) is 23.3 Å². The minimum absolute atomic E-state index is 0.0803. The zero-order valence-corrected chi connectivity index (χ0v) is 24.7. The van der Waals surface area contributed by atoms with Gasteiger partial charge in [-0.1, -0.05) is 48.9 Å². The third kappa shape index (κ3) is 7.11. The van der Waals surface area contributed by atoms with E-state index in [2.05, 4.69) is 41.7 Å². The van der Waals surface area contributed by atoms with Crippen molar-refractivity contribution in [1.82, 2.24) is 20.0 Å². The maximum atomic E-state index is 12.6. The Hall–Kier alpha value is -2.94. The molecule has 8 nitrogen and oxygen atoms in total. The van der Waals surface area contributed by atoms with Crippen LogP contribution >= 0.6 is 0 Å². The number of allylic oxidation sites excluding steroid dienone is 5. The van der Waals surface area contributed by atoms with Crippen LogP contribution in [0.15, 0.2) is 53.8 Å². The molecule has 3 aliphatic rings. The van der Waals surface area contributed by atoms with Crippen LogP contribution in [0.5, 0.6) is 0 Å². The number of hydrogen-bond donors (Lipinski definition) is 2. The summed E-state index contributed by atoms with van der Waals surface area (Å²) in [5, 5.41) is 19.6. The van der Waals surface area contributed by atoms with E-state index in [1.807, 2.05) is 24.0 Å². The van der Waals surface area contributed by atoms with Gasteiger partial charge in [-0.2, -0.15) is 5.10 Å². The van der Waals surface area contributed by atoms with Crippen LogP contribution in [-0.2, 0) is 14.3 Å². The highest BCUT2D eigenvalue weighted by atomic mass is 16.5. The largest absolute Gasteiger partial charge is 0.480 e. The van der Waals surface area contributed by atoms with Gasteiger partial charge in [0.05, 0.1) is 23.4 Å². The molecule has 4 heterocycles. The summed E-state index contributed by atoms with van der Waals surface area (Å²) in [6.45, 7) is 12.8. The Kier molecular flexibility index (Phi) is 9.96. The lowest BCUT2D eigenvalue weighted by atomic mass is 9.97. The van der Waals surface area contributed by atoms with E-state index in [4.69, 9.17) is 14.6 Å². The van der Waals surface area contributed by atoms with Crippen LogP contribution in [0.1, 0.15) is 81.6 Å². The fraction of sp³-hybridized carbons (Fsp3) is 0.576. The van der Waals surface area contributed by atoms with Crippen LogP contribution in [0, 0.1) is 6.92 Å². The highest BCUT2D eigenvalue weighted by molar-refractivity contribution is 5.90. The van der Waals surface area contributed by atoms with Crippen LogP contribution in [0.4, 0.5) is 0 Å². The molecule has 1 aromatic heterocycles. The first-order chi connectivity index (χ1) is 19.9. The van der Waals surface area contributed by atoms with Gasteiger partial charge >= 0.3 is 5.97 Å². The molecule has 8 heteroatoms. The number of carbonyl (C=O) groups is 1. The predicted molar refractivity (Wildman–Crippen MR) is 162 cm³/mol. The molecule has 0 amide bonds. The number of aryl methyl sites for hydroxylation is 1. The van der Waals surface area contributed by atoms with Gasteiger partial charge in [0.25, 0.3) is 0 Å². The summed E-state index contributed by atoms with van der Waals surface area (Å²) in [6, 6.07) is 5.49. The molecule has 1 aromatic carbocycles. The second-order valence-corrected chi connectivity index (χ2v) is 11.8. The van der Waals surface area contributed by atoms with Gasteiger partial charge in [0.15, 0.2) is 0 Å². The molecule has 2 aromatic rings. The number of rotatable bonds is 13. The van der Waals surface area contributed by atoms with Crippen molar-refractivity contribution in [1.29, 1.82) is 0 Å². The predicted octanol–water partition coefficient (Wildman–Crippen LogP) is 5.85. The van der Waals surface area contributed by atoms with E-state index >= 15 is 0 Å². The Bertz CT molecular complexity index is 1280. The number of hydrogen-bond acceptors (Lipinski definition) is 6. The fourth-order valence-corrected chi connectivity index (χ4v) is 6.31. The molecule has 41 heavy (non-hydrogen) atoms. The van der Waals surface area contributed by atoms with Crippen molar-refractivity contribution in [2.24, 2.45) is 0 Å². The summed E-state index contributed by atoms with van der Waals surface area (Å²) >= 11 is 0. The normalized spacial score (nSPS) is 20.0. The number of nitrogens with zero attached hydrogens (tertiary/aromatic N) is 3. The van der Waals surface area contributed by atoms with Crippen molar-refractivity contribution in [3.63, 3.8) is 0 Å². The van der Waals surface area contributed by atoms with Gasteiger partial charge in [0, 0.05) is 56.1 Å². The maximum absolute atomic E-state index is 12.6. The Morgan fingerprint density at radius 1 is 1.24 bits per heavy atom. The molecule has 2 N–H and O–H groups in total. The number of aromatic nitrogens is 2. The lowest BCUT2D eigenvalue weighted by molar-refractivity contribution is -0.150. The van der Waals surface area contributed by atoms with Gasteiger partial charge < -0.3 is 19.9 Å². The third-order valence-corrected chi connectivity index (χ3v) is 8.76. The maximum Gasteiger partial charge on any atom is 0.325 e. The van der Waals surface area contributed by atoms with Gasteiger partial charge in [-0.15, -0.1) is 0 Å². The van der Waals surface area contributed by atoms with E-state index in [0.29, 0.717) is 32.9 Å². The molecular formula is C33H46N4O4. The monoisotopic (exact) mass is 562 g/mol. The van der Waals surface area contributed by atoms with E-state index in [1.54, 1.807) is 0 Å². The highest BCUT2D eigenvalue weighted by Gasteiger charge is 2.39. The second kappa shape index (κ2) is 13.8. The zero-order chi connectivity index (χ0) is 28.8. The number of likely N-dealkylation sites (tertiary alicyclic amines) is 1. The number of benzene rings is 1. The molecule has 2 saturated heterocycles. The molecular weight excluding hydrogens is 516 g/mol. The molecule has 2 fully saturated rings. The van der Waals surface area contributed by atoms with Crippen LogP contribution < -0.4 is 5.32 Å². The average Bonchev–Trinajstić information content (AvgIpc) is 3.30. The number of aliphatic carboxylic acids is 1. The van der Waals surface area contributed by atoms with Crippen molar-refractivity contribution < 1.29 is 19.4 Å². The summed E-state index contributed by atoms with van der Waals surface area (Å²) in [4.78, 5) is 14.6. The van der Waals surface area contributed by atoms with E-state index < -0.39 is 12.0 Å². The molecule has 0 spiro atoms. The first kappa shape index (κ1) is 29.5. The Balaban J connectivity index is 1.09. The molecule has 1 atom stereocenters. The summed E-state index contributed by atoms with van der Waals surface area (Å²) in [5.74, 6) is -0.825. The van der Waals surface area contributed by atoms with E-state index in [9.17, 15) is 9.90 Å².